The first-order valence-electron chi connectivity index (χ1n) is 1.35. The van der Waals surface area contributed by atoms with Crippen molar-refractivity contribution in [1.29, 1.82) is 0 Å². The number of rotatable bonds is 0. The zero-order valence-electron chi connectivity index (χ0n) is 4.62. The molecule has 0 unspecified atom stereocenters. The molecule has 0 aliphatic rings. The molecule has 0 spiro atoms. The molecule has 4 N–H and O–H groups in total. The molecular formula is H4O7P2Zn. The summed E-state index contributed by atoms with van der Waals surface area (Å²) in [6.07, 6.45) is 0. The fraction of sp³-hybridized carbons (Fsp3) is 0. The van der Waals surface area contributed by atoms with Gasteiger partial charge in [0.15, 0.2) is 0 Å². The van der Waals surface area contributed by atoms with Crippen LogP contribution < -0.4 is 9.79 Å². The predicted octanol–water partition coefficient (Wildman–Crippen LogP) is -3.00. The minimum atomic E-state index is -5.14. The van der Waals surface area contributed by atoms with E-state index in [2.05, 4.69) is 0 Å². The van der Waals surface area contributed by atoms with E-state index in [0.717, 1.165) is 0 Å². The van der Waals surface area contributed by atoms with Crippen LogP contribution in [0.1, 0.15) is 0 Å². The maximum Gasteiger partial charge on any atom is 2.00 e. The Morgan fingerprint density at radius 1 is 1.20 bits per heavy atom. The van der Waals surface area contributed by atoms with Crippen molar-refractivity contribution >= 4 is 16.4 Å². The summed E-state index contributed by atoms with van der Waals surface area (Å²) in [5.74, 6) is 0. The second-order valence-corrected chi connectivity index (χ2v) is 2.21. The third-order valence-corrected chi connectivity index (χ3v) is 0. The molecule has 0 amide bonds. The first-order chi connectivity index (χ1) is 3.73. The molecule has 0 heterocycles. The molecular weight excluding hydrogens is 239 g/mol. The molecule has 0 aromatic rings. The molecule has 7 nitrogen and oxygen atoms in total. The predicted molar refractivity (Wildman–Crippen MR) is 23.4 cm³/mol. The molecule has 0 aliphatic heterocycles. The zero-order valence-corrected chi connectivity index (χ0v) is 9.37. The van der Waals surface area contributed by atoms with E-state index in [9.17, 15) is 0 Å². The quantitative estimate of drug-likeness (QED) is 0.262. The van der Waals surface area contributed by atoms with E-state index in [1.807, 2.05) is 0 Å². The van der Waals surface area contributed by atoms with Crippen molar-refractivity contribution in [3.05, 3.63) is 0 Å². The average molecular weight is 243 g/mol. The van der Waals surface area contributed by atoms with Gasteiger partial charge in [-0.05, 0) is 0 Å². The number of phosphoric acid groups is 1. The summed E-state index contributed by atoms with van der Waals surface area (Å²) in [7, 11) is -7.76. The minimum absolute atomic E-state index is 0. The molecule has 0 aromatic heterocycles. The maximum absolute atomic E-state index is 8.66. The summed E-state index contributed by atoms with van der Waals surface area (Å²) in [6.45, 7) is 0. The van der Waals surface area contributed by atoms with E-state index in [4.69, 9.17) is 33.9 Å². The van der Waals surface area contributed by atoms with Gasteiger partial charge in [-0.1, -0.05) is 0 Å². The summed E-state index contributed by atoms with van der Waals surface area (Å²) in [5, 5.41) is 0. The van der Waals surface area contributed by atoms with Crippen molar-refractivity contribution in [2.24, 2.45) is 0 Å². The van der Waals surface area contributed by atoms with Gasteiger partial charge in [0.05, 0.1) is 7.82 Å². The molecule has 0 aliphatic carbocycles. The van der Waals surface area contributed by atoms with E-state index < -0.39 is 16.4 Å². The SMILES string of the molecule is O=P([O-])([O-])O.OP(O)O.[Zn+2]. The standard InChI is InChI=1S/H3O4P.H3O3P.Zn/c1-5(2,3)4;1-4(2)3;/h(H3,1,2,3,4);1-3H;/q;;+2/p-2. The van der Waals surface area contributed by atoms with Crippen molar-refractivity contribution < 1.29 is 53.4 Å². The van der Waals surface area contributed by atoms with E-state index in [1.54, 1.807) is 0 Å². The molecule has 0 rings (SSSR count). The van der Waals surface area contributed by atoms with Gasteiger partial charge in [0.2, 0.25) is 0 Å². The largest absolute Gasteiger partial charge is 2.00 e. The summed E-state index contributed by atoms with van der Waals surface area (Å²) >= 11 is 0. The Morgan fingerprint density at radius 3 is 1.20 bits per heavy atom. The smallest absolute Gasteiger partial charge is 0.790 e. The number of hydrogen-bond acceptors (Lipinski definition) is 6. The summed E-state index contributed by atoms with van der Waals surface area (Å²) < 4.78 is 8.66. The normalized spacial score (nSPS) is 9.50. The summed E-state index contributed by atoms with van der Waals surface area (Å²) in [5.41, 5.74) is 0. The molecule has 10 heteroatoms. The van der Waals surface area contributed by atoms with Gasteiger partial charge in [-0.25, -0.2) is 0 Å². The molecule has 58 valence electrons. The Hall–Kier alpha value is 1.04. The van der Waals surface area contributed by atoms with Crippen LogP contribution >= 0.6 is 16.4 Å². The van der Waals surface area contributed by atoms with Gasteiger partial charge < -0.3 is 33.9 Å². The van der Waals surface area contributed by atoms with E-state index >= 15 is 0 Å². The third kappa shape index (κ3) is 537. The molecule has 0 atom stereocenters. The van der Waals surface area contributed by atoms with Gasteiger partial charge in [0.1, 0.15) is 0 Å². The van der Waals surface area contributed by atoms with Crippen LogP contribution in [-0.4, -0.2) is 19.6 Å². The Bertz CT molecular complexity index is 82.8. The van der Waals surface area contributed by atoms with Crippen molar-refractivity contribution in [3.63, 3.8) is 0 Å². The first kappa shape index (κ1) is 17.2. The molecule has 0 saturated heterocycles. The number of hydrogen-bond donors (Lipinski definition) is 4. The Morgan fingerprint density at radius 2 is 1.20 bits per heavy atom. The Labute approximate surface area is 70.3 Å². The molecule has 0 aromatic carbocycles. The van der Waals surface area contributed by atoms with Crippen LogP contribution in [0, 0.1) is 0 Å². The second kappa shape index (κ2) is 8.14. The van der Waals surface area contributed by atoms with Gasteiger partial charge >= 0.3 is 28.1 Å². The van der Waals surface area contributed by atoms with Crippen LogP contribution in [0.15, 0.2) is 0 Å². The van der Waals surface area contributed by atoms with Gasteiger partial charge in [0, 0.05) is 0 Å². The summed E-state index contributed by atoms with van der Waals surface area (Å²) in [6, 6.07) is 0. The van der Waals surface area contributed by atoms with Crippen LogP contribution in [-0.2, 0) is 24.0 Å². The minimum Gasteiger partial charge on any atom is -0.790 e. The van der Waals surface area contributed by atoms with E-state index in [1.165, 1.54) is 0 Å². The monoisotopic (exact) mass is 242 g/mol. The molecule has 0 radical (unpaired) electrons. The van der Waals surface area contributed by atoms with Gasteiger partial charge in [-0.2, -0.15) is 0 Å². The molecule has 10 heavy (non-hydrogen) atoms. The van der Waals surface area contributed by atoms with Gasteiger partial charge in [-0.3, -0.25) is 0 Å². The van der Waals surface area contributed by atoms with Gasteiger partial charge in [-0.15, -0.1) is 0 Å². The van der Waals surface area contributed by atoms with E-state index in [-0.39, 0.29) is 19.5 Å². The van der Waals surface area contributed by atoms with E-state index in [0.29, 0.717) is 0 Å². The summed E-state index contributed by atoms with van der Waals surface area (Å²) in [4.78, 5) is 46.0. The molecule has 0 saturated carbocycles. The fourth-order valence-corrected chi connectivity index (χ4v) is 0. The third-order valence-electron chi connectivity index (χ3n) is 0. The molecule has 0 fully saturated rings. The topological polar surface area (TPSA) is 144 Å². The molecule has 0 bridgehead atoms. The zero-order chi connectivity index (χ0) is 8.08. The van der Waals surface area contributed by atoms with Gasteiger partial charge in [0.25, 0.3) is 0 Å². The second-order valence-electron chi connectivity index (χ2n) is 0.737. The van der Waals surface area contributed by atoms with Crippen LogP contribution in [0.5, 0.6) is 0 Å². The fourth-order valence-electron chi connectivity index (χ4n) is 0. The first-order valence-corrected chi connectivity index (χ1v) is 4.04. The van der Waals surface area contributed by atoms with Crippen molar-refractivity contribution in [3.8, 4) is 0 Å². The Balaban J connectivity index is -0.0000000910. The van der Waals surface area contributed by atoms with Crippen LogP contribution in [0.4, 0.5) is 0 Å². The van der Waals surface area contributed by atoms with Crippen molar-refractivity contribution in [2.45, 2.75) is 0 Å². The Kier molecular flexibility index (Phi) is 14.0. The average Bonchev–Trinajstić information content (AvgIpc) is 1.19. The van der Waals surface area contributed by atoms with Crippen molar-refractivity contribution in [1.82, 2.24) is 0 Å². The van der Waals surface area contributed by atoms with Crippen LogP contribution in [0.2, 0.25) is 0 Å². The van der Waals surface area contributed by atoms with Crippen LogP contribution in [0.25, 0.3) is 0 Å². The van der Waals surface area contributed by atoms with Crippen molar-refractivity contribution in [2.75, 3.05) is 0 Å². The maximum atomic E-state index is 8.66. The van der Waals surface area contributed by atoms with Crippen LogP contribution in [0.3, 0.4) is 0 Å².